The molecule has 116 valence electrons. The van der Waals surface area contributed by atoms with Crippen LogP contribution in [0.25, 0.3) is 0 Å². The van der Waals surface area contributed by atoms with Gasteiger partial charge in [0.15, 0.2) is 0 Å². The molecule has 0 unspecified atom stereocenters. The number of hydrogen-bond donors (Lipinski definition) is 0. The molecule has 21 heavy (non-hydrogen) atoms. The summed E-state index contributed by atoms with van der Waals surface area (Å²) in [5.41, 5.74) is 0.515. The van der Waals surface area contributed by atoms with Gasteiger partial charge in [0, 0.05) is 0 Å². The predicted octanol–water partition coefficient (Wildman–Crippen LogP) is 4.31. The van der Waals surface area contributed by atoms with Crippen molar-refractivity contribution >= 4 is 5.97 Å². The summed E-state index contributed by atoms with van der Waals surface area (Å²) in [6.07, 6.45) is 3.35. The highest BCUT2D eigenvalue weighted by Gasteiger charge is 2.33. The smallest absolute Gasteiger partial charge is 0.342 e. The van der Waals surface area contributed by atoms with Crippen LogP contribution >= 0.6 is 0 Å². The Hall–Kier alpha value is -1.51. The molecule has 0 bridgehead atoms. The molecular weight excluding hydrogens is 264 g/mol. The topological polar surface area (TPSA) is 35.5 Å². The van der Waals surface area contributed by atoms with E-state index in [0.29, 0.717) is 29.1 Å². The van der Waals surface area contributed by atoms with Gasteiger partial charge in [-0.1, -0.05) is 39.3 Å². The van der Waals surface area contributed by atoms with Crippen molar-refractivity contribution in [3.8, 4) is 5.75 Å². The van der Waals surface area contributed by atoms with E-state index in [0.717, 1.165) is 12.8 Å². The van der Waals surface area contributed by atoms with Crippen LogP contribution in [0, 0.1) is 17.8 Å². The van der Waals surface area contributed by atoms with Gasteiger partial charge in [0.2, 0.25) is 0 Å². The fraction of sp³-hybridized carbons (Fsp3) is 0.611. The minimum atomic E-state index is -0.266. The summed E-state index contributed by atoms with van der Waals surface area (Å²) < 4.78 is 11.1. The van der Waals surface area contributed by atoms with E-state index in [9.17, 15) is 4.79 Å². The highest BCUT2D eigenvalue weighted by molar-refractivity contribution is 5.92. The lowest BCUT2D eigenvalue weighted by Gasteiger charge is -2.36. The number of carbonyl (C=O) groups excluding carboxylic acids is 1. The zero-order valence-electron chi connectivity index (χ0n) is 13.5. The molecule has 0 amide bonds. The van der Waals surface area contributed by atoms with Crippen molar-refractivity contribution in [2.24, 2.45) is 17.8 Å². The minimum Gasteiger partial charge on any atom is -0.496 e. The molecule has 3 atom stereocenters. The van der Waals surface area contributed by atoms with Crippen LogP contribution in [-0.4, -0.2) is 19.2 Å². The molecule has 2 rings (SSSR count). The highest BCUT2D eigenvalue weighted by Crippen LogP contribution is 2.36. The van der Waals surface area contributed by atoms with E-state index in [1.165, 1.54) is 6.42 Å². The third-order valence-corrected chi connectivity index (χ3v) is 4.55. The third kappa shape index (κ3) is 3.78. The van der Waals surface area contributed by atoms with Crippen molar-refractivity contribution in [2.75, 3.05) is 7.11 Å². The molecule has 1 aliphatic carbocycles. The van der Waals surface area contributed by atoms with Gasteiger partial charge in [0.05, 0.1) is 7.11 Å². The van der Waals surface area contributed by atoms with Gasteiger partial charge in [0.25, 0.3) is 0 Å². The fourth-order valence-corrected chi connectivity index (χ4v) is 3.26. The third-order valence-electron chi connectivity index (χ3n) is 4.55. The number of carbonyl (C=O) groups is 1. The molecule has 0 heterocycles. The van der Waals surface area contributed by atoms with Gasteiger partial charge in [-0.15, -0.1) is 0 Å². The van der Waals surface area contributed by atoms with Crippen LogP contribution in [0.15, 0.2) is 24.3 Å². The zero-order valence-corrected chi connectivity index (χ0v) is 13.5. The van der Waals surface area contributed by atoms with Gasteiger partial charge < -0.3 is 9.47 Å². The van der Waals surface area contributed by atoms with Crippen LogP contribution in [0.1, 0.15) is 50.4 Å². The average molecular weight is 290 g/mol. The highest BCUT2D eigenvalue weighted by atomic mass is 16.5. The molecule has 0 N–H and O–H groups in total. The van der Waals surface area contributed by atoms with Crippen molar-refractivity contribution < 1.29 is 14.3 Å². The van der Waals surface area contributed by atoms with Gasteiger partial charge in [-0.2, -0.15) is 0 Å². The second-order valence-electron chi connectivity index (χ2n) is 6.47. The molecule has 1 saturated carbocycles. The molecule has 1 aromatic carbocycles. The molecule has 0 aliphatic heterocycles. The van der Waals surface area contributed by atoms with E-state index in [-0.39, 0.29) is 12.1 Å². The lowest BCUT2D eigenvalue weighted by Crippen LogP contribution is -2.35. The average Bonchev–Trinajstić information content (AvgIpc) is 2.46. The first-order valence-electron chi connectivity index (χ1n) is 7.87. The van der Waals surface area contributed by atoms with E-state index < -0.39 is 0 Å². The summed E-state index contributed by atoms with van der Waals surface area (Å²) >= 11 is 0. The first kappa shape index (κ1) is 15.9. The number of para-hydroxylation sites is 1. The first-order chi connectivity index (χ1) is 10.0. The van der Waals surface area contributed by atoms with Crippen molar-refractivity contribution in [1.29, 1.82) is 0 Å². The normalized spacial score (nSPS) is 25.7. The molecule has 3 heteroatoms. The molecule has 0 radical (unpaired) electrons. The summed E-state index contributed by atoms with van der Waals surface area (Å²) in [7, 11) is 1.58. The van der Waals surface area contributed by atoms with Crippen LogP contribution < -0.4 is 4.74 Å². The Labute approximate surface area is 127 Å². The van der Waals surface area contributed by atoms with E-state index >= 15 is 0 Å². The maximum absolute atomic E-state index is 12.5. The number of ether oxygens (including phenoxy) is 2. The molecule has 1 fully saturated rings. The number of rotatable bonds is 4. The van der Waals surface area contributed by atoms with Crippen molar-refractivity contribution in [1.82, 2.24) is 0 Å². The summed E-state index contributed by atoms with van der Waals surface area (Å²) in [5, 5.41) is 0. The Balaban J connectivity index is 2.12. The predicted molar refractivity (Wildman–Crippen MR) is 83.5 cm³/mol. The van der Waals surface area contributed by atoms with E-state index in [2.05, 4.69) is 20.8 Å². The lowest BCUT2D eigenvalue weighted by atomic mass is 9.75. The van der Waals surface area contributed by atoms with E-state index in [1.807, 2.05) is 12.1 Å². The SMILES string of the molecule is COc1ccccc1C(=O)O[C@@H]1C[C@@H](C)CC[C@H]1C(C)C. The second kappa shape index (κ2) is 6.97. The van der Waals surface area contributed by atoms with Crippen LogP contribution in [0.3, 0.4) is 0 Å². The van der Waals surface area contributed by atoms with Crippen LogP contribution in [0.5, 0.6) is 5.75 Å². The van der Waals surface area contributed by atoms with Gasteiger partial charge >= 0.3 is 5.97 Å². The number of benzene rings is 1. The Bertz CT molecular complexity index is 481. The molecular formula is C18H26O3. The van der Waals surface area contributed by atoms with Gasteiger partial charge in [-0.05, 0) is 42.7 Å². The molecule has 0 aromatic heterocycles. The summed E-state index contributed by atoms with van der Waals surface area (Å²) in [4.78, 5) is 12.5. The Morgan fingerprint density at radius 3 is 2.62 bits per heavy atom. The Morgan fingerprint density at radius 1 is 1.24 bits per heavy atom. The standard InChI is InChI=1S/C18H26O3/c1-12(2)14-10-9-13(3)11-17(14)21-18(19)15-7-5-6-8-16(15)20-4/h5-8,12-14,17H,9-11H2,1-4H3/t13-,14-,17+/m0/s1. The van der Waals surface area contributed by atoms with Crippen LogP contribution in [0.2, 0.25) is 0 Å². The van der Waals surface area contributed by atoms with Gasteiger partial charge in [-0.25, -0.2) is 4.79 Å². The first-order valence-corrected chi connectivity index (χ1v) is 7.87. The molecule has 1 aromatic rings. The Morgan fingerprint density at radius 2 is 1.95 bits per heavy atom. The van der Waals surface area contributed by atoms with Gasteiger partial charge in [-0.3, -0.25) is 0 Å². The Kier molecular flexibility index (Phi) is 5.27. The maximum Gasteiger partial charge on any atom is 0.342 e. The maximum atomic E-state index is 12.5. The quantitative estimate of drug-likeness (QED) is 0.775. The lowest BCUT2D eigenvalue weighted by molar-refractivity contribution is -0.0176. The van der Waals surface area contributed by atoms with Crippen LogP contribution in [0.4, 0.5) is 0 Å². The molecule has 3 nitrogen and oxygen atoms in total. The second-order valence-corrected chi connectivity index (χ2v) is 6.47. The molecule has 0 spiro atoms. The zero-order chi connectivity index (χ0) is 15.4. The summed E-state index contributed by atoms with van der Waals surface area (Å²) in [5.74, 6) is 1.92. The van der Waals surface area contributed by atoms with E-state index in [1.54, 1.807) is 19.2 Å². The number of hydrogen-bond acceptors (Lipinski definition) is 3. The van der Waals surface area contributed by atoms with Crippen molar-refractivity contribution in [3.63, 3.8) is 0 Å². The number of methoxy groups -OCH3 is 1. The summed E-state index contributed by atoms with van der Waals surface area (Å²) in [6.45, 7) is 6.66. The van der Waals surface area contributed by atoms with Crippen molar-refractivity contribution in [3.05, 3.63) is 29.8 Å². The minimum absolute atomic E-state index is 0.0196. The molecule has 1 aliphatic rings. The number of esters is 1. The largest absolute Gasteiger partial charge is 0.496 e. The van der Waals surface area contributed by atoms with Crippen LogP contribution in [-0.2, 0) is 4.74 Å². The molecule has 0 saturated heterocycles. The van der Waals surface area contributed by atoms with E-state index in [4.69, 9.17) is 9.47 Å². The van der Waals surface area contributed by atoms with Gasteiger partial charge in [0.1, 0.15) is 17.4 Å². The summed E-state index contributed by atoms with van der Waals surface area (Å²) in [6, 6.07) is 7.25. The monoisotopic (exact) mass is 290 g/mol. The van der Waals surface area contributed by atoms with Crippen molar-refractivity contribution in [2.45, 2.75) is 46.1 Å². The fourth-order valence-electron chi connectivity index (χ4n) is 3.26.